The van der Waals surface area contributed by atoms with Gasteiger partial charge >= 0.3 is 16.1 Å². The van der Waals surface area contributed by atoms with Crippen molar-refractivity contribution in [2.45, 2.75) is 19.9 Å². The second kappa shape index (κ2) is 8.21. The molecule has 1 aromatic rings. The maximum atomic E-state index is 12.4. The van der Waals surface area contributed by atoms with E-state index in [1.54, 1.807) is 18.7 Å². The summed E-state index contributed by atoms with van der Waals surface area (Å²) in [5, 5.41) is 11.9. The second-order valence-corrected chi connectivity index (χ2v) is 7.70. The molecular weight excluding hydrogens is 342 g/mol. The summed E-state index contributed by atoms with van der Waals surface area (Å²) in [5.74, 6) is -0.801. The molecule has 1 atom stereocenters. The number of benzene rings is 1. The average Bonchev–Trinajstić information content (AvgIpc) is 2.42. The minimum atomic E-state index is -3.90. The third kappa shape index (κ3) is 6.11. The van der Waals surface area contributed by atoms with Gasteiger partial charge in [0.15, 0.2) is 5.75 Å². The van der Waals surface area contributed by atoms with E-state index in [-0.39, 0.29) is 22.9 Å². The molecule has 9 heteroatoms. The highest BCUT2D eigenvalue weighted by Gasteiger charge is 2.24. The smallest absolute Gasteiger partial charge is 0.336 e. The SMILES string of the molecule is CCSCC(C)NC(=O)c1c(OS(C)(=O)=O)cccc1C(=O)O. The first-order valence-corrected chi connectivity index (χ1v) is 9.77. The van der Waals surface area contributed by atoms with Gasteiger partial charge in [-0.3, -0.25) is 4.79 Å². The first-order valence-electron chi connectivity index (χ1n) is 6.80. The number of carbonyl (C=O) groups excluding carboxylic acids is 1. The molecule has 0 fully saturated rings. The van der Waals surface area contributed by atoms with E-state index >= 15 is 0 Å². The molecule has 0 aliphatic carbocycles. The van der Waals surface area contributed by atoms with Gasteiger partial charge in [0, 0.05) is 11.8 Å². The van der Waals surface area contributed by atoms with Crippen LogP contribution in [0.15, 0.2) is 18.2 Å². The number of carboxylic acid groups (broad SMARTS) is 1. The van der Waals surface area contributed by atoms with Crippen LogP contribution < -0.4 is 9.50 Å². The molecule has 1 rings (SSSR count). The molecule has 0 spiro atoms. The zero-order chi connectivity index (χ0) is 17.6. The monoisotopic (exact) mass is 361 g/mol. The molecule has 23 heavy (non-hydrogen) atoms. The number of nitrogens with one attached hydrogen (secondary N) is 1. The van der Waals surface area contributed by atoms with Gasteiger partial charge in [-0.1, -0.05) is 13.0 Å². The molecule has 0 heterocycles. The lowest BCUT2D eigenvalue weighted by Crippen LogP contribution is -2.35. The Balaban J connectivity index is 3.19. The Morgan fingerprint density at radius 1 is 1.39 bits per heavy atom. The molecule has 0 saturated carbocycles. The highest BCUT2D eigenvalue weighted by atomic mass is 32.2. The topological polar surface area (TPSA) is 110 Å². The molecule has 0 radical (unpaired) electrons. The number of rotatable bonds is 8. The molecule has 0 aliphatic heterocycles. The van der Waals surface area contributed by atoms with Crippen LogP contribution in [-0.4, -0.2) is 49.2 Å². The first kappa shape index (κ1) is 19.3. The van der Waals surface area contributed by atoms with Crippen LogP contribution in [0.5, 0.6) is 5.75 Å². The van der Waals surface area contributed by atoms with E-state index in [0.717, 1.165) is 12.0 Å². The Bertz CT molecular complexity index is 687. The lowest BCUT2D eigenvalue weighted by atomic mass is 10.1. The van der Waals surface area contributed by atoms with E-state index in [1.807, 2.05) is 6.92 Å². The van der Waals surface area contributed by atoms with Crippen LogP contribution in [0.25, 0.3) is 0 Å². The molecule has 0 aromatic heterocycles. The summed E-state index contributed by atoms with van der Waals surface area (Å²) in [7, 11) is -3.90. The fourth-order valence-corrected chi connectivity index (χ4v) is 2.95. The van der Waals surface area contributed by atoms with Crippen LogP contribution in [0.1, 0.15) is 34.6 Å². The molecular formula is C14H19NO6S2. The normalized spacial score (nSPS) is 12.5. The molecule has 1 amide bonds. The minimum absolute atomic E-state index is 0.208. The van der Waals surface area contributed by atoms with Crippen molar-refractivity contribution < 1.29 is 27.3 Å². The lowest BCUT2D eigenvalue weighted by Gasteiger charge is -2.16. The van der Waals surface area contributed by atoms with Gasteiger partial charge < -0.3 is 14.6 Å². The van der Waals surface area contributed by atoms with Gasteiger partial charge in [-0.05, 0) is 24.8 Å². The Morgan fingerprint density at radius 2 is 2.04 bits per heavy atom. The lowest BCUT2D eigenvalue weighted by molar-refractivity contribution is 0.0690. The average molecular weight is 361 g/mol. The van der Waals surface area contributed by atoms with Gasteiger partial charge in [0.05, 0.1) is 17.4 Å². The Labute approximate surface area is 139 Å². The van der Waals surface area contributed by atoms with Crippen molar-refractivity contribution in [1.29, 1.82) is 0 Å². The van der Waals surface area contributed by atoms with Gasteiger partial charge in [0.25, 0.3) is 5.91 Å². The summed E-state index contributed by atoms with van der Waals surface area (Å²) >= 11 is 1.62. The van der Waals surface area contributed by atoms with Crippen LogP contribution in [0.4, 0.5) is 0 Å². The maximum absolute atomic E-state index is 12.4. The van der Waals surface area contributed by atoms with Crippen molar-refractivity contribution in [2.75, 3.05) is 17.8 Å². The predicted molar refractivity (Wildman–Crippen MR) is 88.8 cm³/mol. The van der Waals surface area contributed by atoms with E-state index in [9.17, 15) is 23.1 Å². The van der Waals surface area contributed by atoms with Crippen molar-refractivity contribution >= 4 is 33.8 Å². The largest absolute Gasteiger partial charge is 0.478 e. The standard InChI is InChI=1S/C14H19NO6S2/c1-4-22-8-9(2)15-13(16)12-10(14(17)18)6-5-7-11(12)21-23(3,19)20/h5-7,9H,4,8H2,1-3H3,(H,15,16)(H,17,18). The van der Waals surface area contributed by atoms with E-state index in [0.29, 0.717) is 5.75 Å². The van der Waals surface area contributed by atoms with Crippen molar-refractivity contribution in [2.24, 2.45) is 0 Å². The van der Waals surface area contributed by atoms with Crippen LogP contribution in [0, 0.1) is 0 Å². The van der Waals surface area contributed by atoms with Gasteiger partial charge in [-0.15, -0.1) is 0 Å². The van der Waals surface area contributed by atoms with E-state index < -0.39 is 22.0 Å². The molecule has 128 valence electrons. The van der Waals surface area contributed by atoms with Crippen LogP contribution in [0.3, 0.4) is 0 Å². The summed E-state index contributed by atoms with van der Waals surface area (Å²) in [5.41, 5.74) is -0.627. The number of hydrogen-bond acceptors (Lipinski definition) is 6. The summed E-state index contributed by atoms with van der Waals surface area (Å²) in [6, 6.07) is 3.57. The summed E-state index contributed by atoms with van der Waals surface area (Å²) in [6.07, 6.45) is 0.822. The molecule has 0 saturated heterocycles. The zero-order valence-corrected chi connectivity index (χ0v) is 14.7. The zero-order valence-electron chi connectivity index (χ0n) is 13.0. The molecule has 1 aromatic carbocycles. The summed E-state index contributed by atoms with van der Waals surface area (Å²) < 4.78 is 27.4. The Morgan fingerprint density at radius 3 is 2.57 bits per heavy atom. The fraction of sp³-hybridized carbons (Fsp3) is 0.429. The number of amides is 1. The Kier molecular flexibility index (Phi) is 6.89. The number of carboxylic acids is 1. The summed E-state index contributed by atoms with van der Waals surface area (Å²) in [6.45, 7) is 3.76. The van der Waals surface area contributed by atoms with Gasteiger partial charge in [-0.25, -0.2) is 4.79 Å². The number of carbonyl (C=O) groups is 2. The van der Waals surface area contributed by atoms with Crippen molar-refractivity contribution in [3.05, 3.63) is 29.3 Å². The van der Waals surface area contributed by atoms with Gasteiger partial charge in [-0.2, -0.15) is 20.2 Å². The van der Waals surface area contributed by atoms with Crippen molar-refractivity contribution in [3.63, 3.8) is 0 Å². The van der Waals surface area contributed by atoms with Crippen molar-refractivity contribution in [3.8, 4) is 5.75 Å². The maximum Gasteiger partial charge on any atom is 0.336 e. The second-order valence-electron chi connectivity index (χ2n) is 4.81. The van der Waals surface area contributed by atoms with Gasteiger partial charge in [0.2, 0.25) is 0 Å². The molecule has 2 N–H and O–H groups in total. The minimum Gasteiger partial charge on any atom is -0.478 e. The molecule has 0 bridgehead atoms. The highest BCUT2D eigenvalue weighted by molar-refractivity contribution is 7.99. The Hall–Kier alpha value is -1.74. The van der Waals surface area contributed by atoms with Crippen LogP contribution >= 0.6 is 11.8 Å². The van der Waals surface area contributed by atoms with Gasteiger partial charge in [0.1, 0.15) is 0 Å². The number of thioether (sulfide) groups is 1. The third-order valence-corrected chi connectivity index (χ3v) is 4.30. The third-order valence-electron chi connectivity index (χ3n) is 2.67. The van der Waals surface area contributed by atoms with E-state index in [4.69, 9.17) is 4.18 Å². The molecule has 7 nitrogen and oxygen atoms in total. The number of hydrogen-bond donors (Lipinski definition) is 2. The van der Waals surface area contributed by atoms with E-state index in [1.165, 1.54) is 18.2 Å². The van der Waals surface area contributed by atoms with Crippen LogP contribution in [0.2, 0.25) is 0 Å². The van der Waals surface area contributed by atoms with Crippen LogP contribution in [-0.2, 0) is 10.1 Å². The highest BCUT2D eigenvalue weighted by Crippen LogP contribution is 2.24. The first-order chi connectivity index (χ1) is 10.7. The quantitative estimate of drug-likeness (QED) is 0.677. The predicted octanol–water partition coefficient (Wildman–Crippen LogP) is 1.59. The van der Waals surface area contributed by atoms with Crippen molar-refractivity contribution in [1.82, 2.24) is 5.32 Å². The molecule has 1 unspecified atom stereocenters. The van der Waals surface area contributed by atoms with E-state index in [2.05, 4.69) is 5.32 Å². The molecule has 0 aliphatic rings. The number of aromatic carboxylic acids is 1. The summed E-state index contributed by atoms with van der Waals surface area (Å²) in [4.78, 5) is 23.7. The fourth-order valence-electron chi connectivity index (χ4n) is 1.81.